The molecule has 1 heterocycles. The smallest absolute Gasteiger partial charge is 0.305 e. The van der Waals surface area contributed by atoms with Crippen molar-refractivity contribution >= 4 is 46.1 Å². The van der Waals surface area contributed by atoms with Crippen LogP contribution in [0.15, 0.2) is 29.3 Å². The molecule has 1 atom stereocenters. The van der Waals surface area contributed by atoms with Crippen LogP contribution in [0.5, 0.6) is 0 Å². The maximum Gasteiger partial charge on any atom is 0.305 e. The maximum atomic E-state index is 12.3. The summed E-state index contributed by atoms with van der Waals surface area (Å²) in [5, 5.41) is 9.34. The van der Waals surface area contributed by atoms with E-state index in [1.165, 1.54) is 16.7 Å². The molecule has 0 radical (unpaired) electrons. The van der Waals surface area contributed by atoms with Crippen LogP contribution in [0.25, 0.3) is 0 Å². The predicted octanol–water partition coefficient (Wildman–Crippen LogP) is 2.64. The third-order valence-electron chi connectivity index (χ3n) is 2.67. The quantitative estimate of drug-likeness (QED) is 0.928. The first-order chi connectivity index (χ1) is 9.52. The minimum absolute atomic E-state index is 0.212. The lowest BCUT2D eigenvalue weighted by molar-refractivity contribution is -0.138. The van der Waals surface area contributed by atoms with Crippen LogP contribution in [0.2, 0.25) is 5.02 Å². The second-order valence-corrected chi connectivity index (χ2v) is 5.72. The second-order valence-electron chi connectivity index (χ2n) is 4.11. The number of carbonyl (C=O) groups excluding carboxylic acids is 1. The van der Waals surface area contributed by atoms with Crippen molar-refractivity contribution in [1.29, 1.82) is 0 Å². The number of nitrogens with zero attached hydrogens (tertiary/aromatic N) is 2. The van der Waals surface area contributed by atoms with Crippen molar-refractivity contribution < 1.29 is 14.7 Å². The van der Waals surface area contributed by atoms with E-state index >= 15 is 0 Å². The molecule has 2 rings (SSSR count). The second kappa shape index (κ2) is 6.28. The van der Waals surface area contributed by atoms with Gasteiger partial charge in [0.25, 0.3) is 0 Å². The number of hydrogen-bond acceptors (Lipinski definition) is 4. The van der Waals surface area contributed by atoms with Crippen molar-refractivity contribution in [3.05, 3.63) is 29.3 Å². The number of rotatable bonds is 4. The van der Waals surface area contributed by atoms with Crippen molar-refractivity contribution in [2.24, 2.45) is 4.99 Å². The number of aliphatic carboxylic acids is 1. The van der Waals surface area contributed by atoms with Gasteiger partial charge in [-0.05, 0) is 31.2 Å². The molecule has 1 fully saturated rings. The molecule has 1 saturated heterocycles. The van der Waals surface area contributed by atoms with Crippen molar-refractivity contribution in [2.45, 2.75) is 18.6 Å². The van der Waals surface area contributed by atoms with Crippen LogP contribution in [-0.2, 0) is 9.59 Å². The lowest BCUT2D eigenvalue weighted by Gasteiger charge is -2.16. The van der Waals surface area contributed by atoms with Gasteiger partial charge >= 0.3 is 5.97 Å². The Hall–Kier alpha value is -1.53. The number of aliphatic imine (C=N–C) groups is 1. The van der Waals surface area contributed by atoms with Crippen molar-refractivity contribution in [1.82, 2.24) is 0 Å². The van der Waals surface area contributed by atoms with Gasteiger partial charge in [-0.2, -0.15) is 0 Å². The van der Waals surface area contributed by atoms with Gasteiger partial charge in [-0.3, -0.25) is 19.5 Å². The number of benzene rings is 1. The van der Waals surface area contributed by atoms with Crippen LogP contribution in [0.4, 0.5) is 5.69 Å². The number of amidine groups is 1. The number of carbonyl (C=O) groups is 2. The highest BCUT2D eigenvalue weighted by Crippen LogP contribution is 2.34. The van der Waals surface area contributed by atoms with Gasteiger partial charge in [-0.25, -0.2) is 0 Å². The normalized spacial score (nSPS) is 20.7. The summed E-state index contributed by atoms with van der Waals surface area (Å²) in [5.41, 5.74) is 0.645. The summed E-state index contributed by atoms with van der Waals surface area (Å²) >= 11 is 7.02. The summed E-state index contributed by atoms with van der Waals surface area (Å²) in [6, 6.07) is 6.80. The van der Waals surface area contributed by atoms with E-state index < -0.39 is 11.2 Å². The summed E-state index contributed by atoms with van der Waals surface area (Å²) < 4.78 is 0. The fourth-order valence-corrected chi connectivity index (χ4v) is 3.14. The standard InChI is InChI=1S/C13H13ClN2O3S/c1-2-15-13-16(9-5-3-8(14)4-6-9)12(19)10(20-13)7-11(17)18/h3-6,10H,2,7H2,1H3,(H,17,18)/t10-/m1/s1. The third kappa shape index (κ3) is 3.13. The molecular weight excluding hydrogens is 300 g/mol. The lowest BCUT2D eigenvalue weighted by atomic mass is 10.2. The molecule has 0 saturated carbocycles. The molecule has 1 aromatic carbocycles. The monoisotopic (exact) mass is 312 g/mol. The predicted molar refractivity (Wildman–Crippen MR) is 80.5 cm³/mol. The molecule has 0 bridgehead atoms. The first-order valence-corrected chi connectivity index (χ1v) is 7.31. The average Bonchev–Trinajstić information content (AvgIpc) is 2.67. The van der Waals surface area contributed by atoms with Gasteiger partial charge < -0.3 is 5.11 Å². The molecule has 0 aliphatic carbocycles. The van der Waals surface area contributed by atoms with E-state index in [9.17, 15) is 9.59 Å². The van der Waals surface area contributed by atoms with Gasteiger partial charge in [0, 0.05) is 11.6 Å². The number of thioether (sulfide) groups is 1. The highest BCUT2D eigenvalue weighted by molar-refractivity contribution is 8.16. The van der Waals surface area contributed by atoms with Crippen LogP contribution < -0.4 is 4.90 Å². The van der Waals surface area contributed by atoms with Crippen molar-refractivity contribution in [2.75, 3.05) is 11.4 Å². The van der Waals surface area contributed by atoms with Gasteiger partial charge in [-0.1, -0.05) is 23.4 Å². The Morgan fingerprint density at radius 3 is 2.65 bits per heavy atom. The number of hydrogen-bond donors (Lipinski definition) is 1. The minimum Gasteiger partial charge on any atom is -0.481 e. The molecule has 0 spiro atoms. The Morgan fingerprint density at radius 2 is 2.10 bits per heavy atom. The van der Waals surface area contributed by atoms with Crippen LogP contribution >= 0.6 is 23.4 Å². The zero-order valence-corrected chi connectivity index (χ0v) is 12.3. The number of carboxylic acids is 1. The Kier molecular flexibility index (Phi) is 4.67. The van der Waals surface area contributed by atoms with E-state index in [1.807, 2.05) is 6.92 Å². The Bertz CT molecular complexity index is 559. The van der Waals surface area contributed by atoms with E-state index in [2.05, 4.69) is 4.99 Å². The first kappa shape index (κ1) is 14.9. The highest BCUT2D eigenvalue weighted by Gasteiger charge is 2.39. The average molecular weight is 313 g/mol. The molecule has 1 aromatic rings. The third-order valence-corrected chi connectivity index (χ3v) is 4.10. The zero-order chi connectivity index (χ0) is 14.7. The molecule has 1 amide bonds. The van der Waals surface area contributed by atoms with Gasteiger partial charge in [-0.15, -0.1) is 0 Å². The van der Waals surface area contributed by atoms with Crippen LogP contribution in [0, 0.1) is 0 Å². The number of amides is 1. The number of carboxylic acid groups (broad SMARTS) is 1. The summed E-state index contributed by atoms with van der Waals surface area (Å²) in [5.74, 6) is -1.25. The molecule has 20 heavy (non-hydrogen) atoms. The summed E-state index contributed by atoms with van der Waals surface area (Å²) in [6.07, 6.45) is -0.212. The fraction of sp³-hybridized carbons (Fsp3) is 0.308. The van der Waals surface area contributed by atoms with E-state index in [1.54, 1.807) is 24.3 Å². The molecule has 1 N–H and O–H groups in total. The van der Waals surface area contributed by atoms with Gasteiger partial charge in [0.1, 0.15) is 5.25 Å². The summed E-state index contributed by atoms with van der Waals surface area (Å²) in [6.45, 7) is 2.39. The van der Waals surface area contributed by atoms with Crippen LogP contribution in [0.1, 0.15) is 13.3 Å². The van der Waals surface area contributed by atoms with Crippen LogP contribution in [0.3, 0.4) is 0 Å². The molecule has 0 aromatic heterocycles. The summed E-state index contributed by atoms with van der Waals surface area (Å²) in [4.78, 5) is 28.9. The zero-order valence-electron chi connectivity index (χ0n) is 10.7. The van der Waals surface area contributed by atoms with E-state index in [0.29, 0.717) is 22.4 Å². The molecule has 1 aliphatic rings. The van der Waals surface area contributed by atoms with Gasteiger partial charge in [0.05, 0.1) is 12.1 Å². The minimum atomic E-state index is -0.996. The largest absolute Gasteiger partial charge is 0.481 e. The highest BCUT2D eigenvalue weighted by atomic mass is 35.5. The molecule has 0 unspecified atom stereocenters. The topological polar surface area (TPSA) is 70.0 Å². The van der Waals surface area contributed by atoms with Crippen LogP contribution in [-0.4, -0.2) is 33.9 Å². The Labute approximate surface area is 125 Å². The molecule has 106 valence electrons. The lowest BCUT2D eigenvalue weighted by Crippen LogP contribution is -2.32. The van der Waals surface area contributed by atoms with E-state index in [0.717, 1.165) is 0 Å². The number of halogens is 1. The Morgan fingerprint density at radius 1 is 1.45 bits per heavy atom. The maximum absolute atomic E-state index is 12.3. The van der Waals surface area contributed by atoms with E-state index in [4.69, 9.17) is 16.7 Å². The fourth-order valence-electron chi connectivity index (χ4n) is 1.83. The van der Waals surface area contributed by atoms with Gasteiger partial charge in [0.15, 0.2) is 5.17 Å². The van der Waals surface area contributed by atoms with E-state index in [-0.39, 0.29) is 12.3 Å². The SMILES string of the molecule is CCN=C1S[C@H](CC(=O)O)C(=O)N1c1ccc(Cl)cc1. The molecule has 1 aliphatic heterocycles. The molecular formula is C13H13ClN2O3S. The Balaban J connectivity index is 2.33. The van der Waals surface area contributed by atoms with Gasteiger partial charge in [0.2, 0.25) is 5.91 Å². The first-order valence-electron chi connectivity index (χ1n) is 6.05. The summed E-state index contributed by atoms with van der Waals surface area (Å²) in [7, 11) is 0. The van der Waals surface area contributed by atoms with Crippen molar-refractivity contribution in [3.63, 3.8) is 0 Å². The molecule has 5 nitrogen and oxygen atoms in total. The molecule has 7 heteroatoms. The van der Waals surface area contributed by atoms with Crippen molar-refractivity contribution in [3.8, 4) is 0 Å². The number of anilines is 1.